The van der Waals surface area contributed by atoms with Crippen LogP contribution in [0, 0.1) is 5.92 Å². The van der Waals surface area contributed by atoms with E-state index >= 15 is 0 Å². The third kappa shape index (κ3) is 4.62. The average Bonchev–Trinajstić information content (AvgIpc) is 3.29. The molecule has 2 aliphatic rings. The average molecular weight is 342 g/mol. The quantitative estimate of drug-likeness (QED) is 0.808. The van der Waals surface area contributed by atoms with E-state index in [0.717, 1.165) is 24.9 Å². The Labute approximate surface area is 148 Å². The summed E-state index contributed by atoms with van der Waals surface area (Å²) in [6.45, 7) is 0.745. The number of hydrogen-bond acceptors (Lipinski definition) is 3. The SMILES string of the molecule is NC(=O)COc1ccc(/C=C/C(=O)N2CCC[C@@H]2C2CCCC2)cc1. The molecule has 3 rings (SSSR count). The Hall–Kier alpha value is -2.30. The van der Waals surface area contributed by atoms with Crippen molar-refractivity contribution in [1.29, 1.82) is 0 Å². The minimum absolute atomic E-state index is 0.114. The van der Waals surface area contributed by atoms with E-state index in [2.05, 4.69) is 4.90 Å². The molecule has 1 aromatic rings. The zero-order valence-corrected chi connectivity index (χ0v) is 14.5. The van der Waals surface area contributed by atoms with Gasteiger partial charge in [0.15, 0.2) is 6.61 Å². The Morgan fingerprint density at radius 1 is 1.12 bits per heavy atom. The summed E-state index contributed by atoms with van der Waals surface area (Å²) < 4.78 is 5.23. The van der Waals surface area contributed by atoms with Gasteiger partial charge in [-0.25, -0.2) is 0 Å². The van der Waals surface area contributed by atoms with Crippen molar-refractivity contribution in [3.63, 3.8) is 0 Å². The Morgan fingerprint density at radius 2 is 1.84 bits per heavy atom. The predicted octanol–water partition coefficient (Wildman–Crippen LogP) is 2.75. The molecule has 1 atom stereocenters. The molecule has 0 unspecified atom stereocenters. The molecule has 5 nitrogen and oxygen atoms in total. The summed E-state index contributed by atoms with van der Waals surface area (Å²) in [4.78, 5) is 25.4. The van der Waals surface area contributed by atoms with E-state index in [0.29, 0.717) is 17.7 Å². The standard InChI is InChI=1S/C20H26N2O3/c21-19(23)14-25-17-10-7-15(8-11-17)9-12-20(24)22-13-3-6-18(22)16-4-1-2-5-16/h7-12,16,18H,1-6,13-14H2,(H2,21,23)/b12-9+/t18-/m1/s1. The van der Waals surface area contributed by atoms with Crippen LogP contribution in [0.1, 0.15) is 44.1 Å². The van der Waals surface area contributed by atoms with Crippen LogP contribution in [-0.2, 0) is 9.59 Å². The fraction of sp³-hybridized carbons (Fsp3) is 0.500. The number of rotatable bonds is 6. The number of primary amides is 1. The number of benzene rings is 1. The van der Waals surface area contributed by atoms with Crippen LogP contribution in [0.25, 0.3) is 6.08 Å². The molecule has 2 fully saturated rings. The van der Waals surface area contributed by atoms with E-state index in [9.17, 15) is 9.59 Å². The van der Waals surface area contributed by atoms with E-state index in [4.69, 9.17) is 10.5 Å². The van der Waals surface area contributed by atoms with Crippen LogP contribution in [0.2, 0.25) is 0 Å². The van der Waals surface area contributed by atoms with E-state index in [1.165, 1.54) is 25.7 Å². The highest BCUT2D eigenvalue weighted by atomic mass is 16.5. The summed E-state index contributed by atoms with van der Waals surface area (Å²) in [5.74, 6) is 0.894. The first-order chi connectivity index (χ1) is 12.1. The van der Waals surface area contributed by atoms with Gasteiger partial charge in [0.25, 0.3) is 5.91 Å². The van der Waals surface area contributed by atoms with Gasteiger partial charge in [0.1, 0.15) is 5.75 Å². The van der Waals surface area contributed by atoms with Crippen LogP contribution in [0.15, 0.2) is 30.3 Å². The van der Waals surface area contributed by atoms with Crippen molar-refractivity contribution in [2.45, 2.75) is 44.6 Å². The molecule has 0 radical (unpaired) electrons. The fourth-order valence-corrected chi connectivity index (χ4v) is 3.99. The predicted molar refractivity (Wildman–Crippen MR) is 96.9 cm³/mol. The molecular weight excluding hydrogens is 316 g/mol. The molecule has 2 amide bonds. The molecule has 1 saturated carbocycles. The number of ether oxygens (including phenoxy) is 1. The summed E-state index contributed by atoms with van der Waals surface area (Å²) >= 11 is 0. The highest BCUT2D eigenvalue weighted by molar-refractivity contribution is 5.92. The van der Waals surface area contributed by atoms with Gasteiger partial charge in [0.2, 0.25) is 5.91 Å². The molecular formula is C20H26N2O3. The molecule has 0 spiro atoms. The second-order valence-electron chi connectivity index (χ2n) is 6.94. The smallest absolute Gasteiger partial charge is 0.255 e. The second kappa shape index (κ2) is 8.19. The van der Waals surface area contributed by atoms with Gasteiger partial charge in [0.05, 0.1) is 0 Å². The first-order valence-corrected chi connectivity index (χ1v) is 9.13. The molecule has 1 aliphatic carbocycles. The number of carbonyl (C=O) groups excluding carboxylic acids is 2. The summed E-state index contributed by atoms with van der Waals surface area (Å²) in [6.07, 6.45) is 10.9. The van der Waals surface area contributed by atoms with E-state index in [1.54, 1.807) is 18.2 Å². The normalized spacial score (nSPS) is 21.1. The van der Waals surface area contributed by atoms with Gasteiger partial charge >= 0.3 is 0 Å². The Bertz CT molecular complexity index is 633. The number of amides is 2. The van der Waals surface area contributed by atoms with E-state index in [1.807, 2.05) is 18.2 Å². The van der Waals surface area contributed by atoms with Gasteiger partial charge < -0.3 is 15.4 Å². The lowest BCUT2D eigenvalue weighted by molar-refractivity contribution is -0.127. The van der Waals surface area contributed by atoms with Gasteiger partial charge in [-0.05, 0) is 55.4 Å². The molecule has 1 aromatic carbocycles. The van der Waals surface area contributed by atoms with Crippen molar-refractivity contribution in [1.82, 2.24) is 4.90 Å². The fourth-order valence-electron chi connectivity index (χ4n) is 3.99. The van der Waals surface area contributed by atoms with E-state index < -0.39 is 5.91 Å². The molecule has 1 heterocycles. The van der Waals surface area contributed by atoms with Crippen LogP contribution in [0.4, 0.5) is 0 Å². The van der Waals surface area contributed by atoms with Crippen LogP contribution in [-0.4, -0.2) is 35.9 Å². The van der Waals surface area contributed by atoms with Crippen molar-refractivity contribution >= 4 is 17.9 Å². The third-order valence-electron chi connectivity index (χ3n) is 5.21. The van der Waals surface area contributed by atoms with Crippen molar-refractivity contribution in [2.24, 2.45) is 11.7 Å². The molecule has 0 bridgehead atoms. The largest absolute Gasteiger partial charge is 0.484 e. The van der Waals surface area contributed by atoms with Crippen molar-refractivity contribution in [3.05, 3.63) is 35.9 Å². The van der Waals surface area contributed by atoms with Gasteiger partial charge in [0, 0.05) is 18.7 Å². The lowest BCUT2D eigenvalue weighted by Crippen LogP contribution is -2.38. The monoisotopic (exact) mass is 342 g/mol. The summed E-state index contributed by atoms with van der Waals surface area (Å²) in [5.41, 5.74) is 5.98. The molecule has 1 aliphatic heterocycles. The third-order valence-corrected chi connectivity index (χ3v) is 5.21. The maximum Gasteiger partial charge on any atom is 0.255 e. The number of carbonyl (C=O) groups is 2. The molecule has 2 N–H and O–H groups in total. The van der Waals surface area contributed by atoms with Gasteiger partial charge in [-0.1, -0.05) is 25.0 Å². The summed E-state index contributed by atoms with van der Waals surface area (Å²) in [7, 11) is 0. The zero-order chi connectivity index (χ0) is 17.6. The summed E-state index contributed by atoms with van der Waals surface area (Å²) in [5, 5.41) is 0. The number of nitrogens with two attached hydrogens (primary N) is 1. The molecule has 134 valence electrons. The van der Waals surface area contributed by atoms with E-state index in [-0.39, 0.29) is 12.5 Å². The first kappa shape index (κ1) is 17.5. The summed E-state index contributed by atoms with van der Waals surface area (Å²) in [6, 6.07) is 7.69. The lowest BCUT2D eigenvalue weighted by Gasteiger charge is -2.28. The Kier molecular flexibility index (Phi) is 5.74. The zero-order valence-electron chi connectivity index (χ0n) is 14.5. The number of hydrogen-bond donors (Lipinski definition) is 1. The van der Waals surface area contributed by atoms with Crippen molar-refractivity contribution < 1.29 is 14.3 Å². The van der Waals surface area contributed by atoms with Crippen LogP contribution < -0.4 is 10.5 Å². The minimum atomic E-state index is -0.503. The second-order valence-corrected chi connectivity index (χ2v) is 6.94. The van der Waals surface area contributed by atoms with Crippen molar-refractivity contribution in [3.8, 4) is 5.75 Å². The molecule has 0 aromatic heterocycles. The lowest BCUT2D eigenvalue weighted by atomic mass is 9.96. The topological polar surface area (TPSA) is 72.6 Å². The number of likely N-dealkylation sites (tertiary alicyclic amines) is 1. The van der Waals surface area contributed by atoms with Gasteiger partial charge in [-0.3, -0.25) is 9.59 Å². The highest BCUT2D eigenvalue weighted by Gasteiger charge is 2.34. The molecule has 25 heavy (non-hydrogen) atoms. The Balaban J connectivity index is 1.57. The highest BCUT2D eigenvalue weighted by Crippen LogP contribution is 2.35. The molecule has 5 heteroatoms. The van der Waals surface area contributed by atoms with Crippen molar-refractivity contribution in [2.75, 3.05) is 13.2 Å². The van der Waals surface area contributed by atoms with Crippen LogP contribution in [0.3, 0.4) is 0 Å². The maximum absolute atomic E-state index is 12.6. The minimum Gasteiger partial charge on any atom is -0.484 e. The van der Waals surface area contributed by atoms with Gasteiger partial charge in [-0.15, -0.1) is 0 Å². The van der Waals surface area contributed by atoms with Gasteiger partial charge in [-0.2, -0.15) is 0 Å². The Morgan fingerprint density at radius 3 is 2.52 bits per heavy atom. The maximum atomic E-state index is 12.6. The van der Waals surface area contributed by atoms with Crippen LogP contribution >= 0.6 is 0 Å². The molecule has 1 saturated heterocycles. The first-order valence-electron chi connectivity index (χ1n) is 9.13. The van der Waals surface area contributed by atoms with Crippen LogP contribution in [0.5, 0.6) is 5.75 Å². The number of nitrogens with zero attached hydrogens (tertiary/aromatic N) is 1.